The van der Waals surface area contributed by atoms with Gasteiger partial charge in [0.05, 0.1) is 6.61 Å². The molecular formula is C13H17F3O2. The average Bonchev–Trinajstić information content (AvgIpc) is 2.28. The highest BCUT2D eigenvalue weighted by Gasteiger charge is 2.55. The van der Waals surface area contributed by atoms with Crippen LogP contribution in [0.25, 0.3) is 0 Å². The molecule has 1 aromatic rings. The standard InChI is InChI=1S/C13H17F3O2/c1-11(2,10-6-4-3-5-7-10)8-12(18,9-17)13(14,15)16/h3-7,17-18H,8-9H2,1-2H3/t12-/m0/s1. The second kappa shape index (κ2) is 4.90. The first-order valence-electron chi connectivity index (χ1n) is 5.58. The summed E-state index contributed by atoms with van der Waals surface area (Å²) < 4.78 is 38.2. The summed E-state index contributed by atoms with van der Waals surface area (Å²) in [6.07, 6.45) is -5.45. The van der Waals surface area contributed by atoms with Gasteiger partial charge in [-0.15, -0.1) is 0 Å². The highest BCUT2D eigenvalue weighted by atomic mass is 19.4. The fourth-order valence-electron chi connectivity index (χ4n) is 1.97. The van der Waals surface area contributed by atoms with Gasteiger partial charge in [0.2, 0.25) is 0 Å². The van der Waals surface area contributed by atoms with Gasteiger partial charge >= 0.3 is 6.18 Å². The number of rotatable bonds is 4. The maximum Gasteiger partial charge on any atom is 0.419 e. The van der Waals surface area contributed by atoms with Gasteiger partial charge in [0.15, 0.2) is 5.60 Å². The Morgan fingerprint density at radius 1 is 1.06 bits per heavy atom. The Balaban J connectivity index is 3.02. The summed E-state index contributed by atoms with van der Waals surface area (Å²) in [6, 6.07) is 8.62. The molecule has 0 spiro atoms. The summed E-state index contributed by atoms with van der Waals surface area (Å²) in [5, 5.41) is 18.4. The lowest BCUT2D eigenvalue weighted by molar-refractivity contribution is -0.277. The van der Waals surface area contributed by atoms with E-state index in [1.165, 1.54) is 0 Å². The number of aliphatic hydroxyl groups excluding tert-OH is 1. The molecule has 0 saturated carbocycles. The molecule has 0 radical (unpaired) electrons. The Hall–Kier alpha value is -1.07. The Morgan fingerprint density at radius 2 is 1.56 bits per heavy atom. The predicted octanol–water partition coefficient (Wildman–Crippen LogP) is 2.64. The van der Waals surface area contributed by atoms with Crippen molar-refractivity contribution >= 4 is 0 Å². The monoisotopic (exact) mass is 262 g/mol. The summed E-state index contributed by atoms with van der Waals surface area (Å²) in [5.74, 6) is 0. The summed E-state index contributed by atoms with van der Waals surface area (Å²) >= 11 is 0. The lowest BCUT2D eigenvalue weighted by atomic mass is 9.75. The molecule has 0 unspecified atom stereocenters. The molecule has 18 heavy (non-hydrogen) atoms. The first-order chi connectivity index (χ1) is 8.12. The molecule has 0 aliphatic carbocycles. The molecule has 2 nitrogen and oxygen atoms in total. The molecule has 0 aliphatic rings. The highest BCUT2D eigenvalue weighted by Crippen LogP contribution is 2.40. The second-order valence-corrected chi connectivity index (χ2v) is 5.11. The van der Waals surface area contributed by atoms with Gasteiger partial charge in [0.1, 0.15) is 0 Å². The first kappa shape index (κ1) is 15.0. The molecule has 0 aliphatic heterocycles. The Kier molecular flexibility index (Phi) is 4.08. The number of aliphatic hydroxyl groups is 2. The number of hydrogen-bond acceptors (Lipinski definition) is 2. The molecule has 0 saturated heterocycles. The van der Waals surface area contributed by atoms with Crippen molar-refractivity contribution in [3.8, 4) is 0 Å². The van der Waals surface area contributed by atoms with E-state index >= 15 is 0 Å². The van der Waals surface area contributed by atoms with E-state index in [1.807, 2.05) is 0 Å². The molecular weight excluding hydrogens is 245 g/mol. The first-order valence-corrected chi connectivity index (χ1v) is 5.58. The van der Waals surface area contributed by atoms with Crippen molar-refractivity contribution in [1.29, 1.82) is 0 Å². The average molecular weight is 262 g/mol. The van der Waals surface area contributed by atoms with Crippen LogP contribution in [0.1, 0.15) is 25.8 Å². The van der Waals surface area contributed by atoms with Crippen LogP contribution in [0.15, 0.2) is 30.3 Å². The topological polar surface area (TPSA) is 40.5 Å². The van der Waals surface area contributed by atoms with Gasteiger partial charge in [0.25, 0.3) is 0 Å². The van der Waals surface area contributed by atoms with Crippen molar-refractivity contribution in [3.63, 3.8) is 0 Å². The van der Waals surface area contributed by atoms with Crippen LogP contribution in [-0.4, -0.2) is 28.6 Å². The fourth-order valence-corrected chi connectivity index (χ4v) is 1.97. The third-order valence-corrected chi connectivity index (χ3v) is 3.08. The molecule has 1 aromatic carbocycles. The quantitative estimate of drug-likeness (QED) is 0.875. The molecule has 102 valence electrons. The van der Waals surface area contributed by atoms with Gasteiger partial charge in [-0.1, -0.05) is 44.2 Å². The van der Waals surface area contributed by atoms with E-state index in [4.69, 9.17) is 5.11 Å². The Labute approximate surface area is 104 Å². The van der Waals surface area contributed by atoms with Gasteiger partial charge in [-0.2, -0.15) is 13.2 Å². The van der Waals surface area contributed by atoms with E-state index in [2.05, 4.69) is 0 Å². The zero-order valence-corrected chi connectivity index (χ0v) is 10.3. The highest BCUT2D eigenvalue weighted by molar-refractivity contribution is 5.24. The summed E-state index contributed by atoms with van der Waals surface area (Å²) in [5.41, 5.74) is -3.29. The van der Waals surface area contributed by atoms with Crippen LogP contribution in [0.2, 0.25) is 0 Å². The minimum absolute atomic E-state index is 0.593. The zero-order chi connectivity index (χ0) is 14.0. The van der Waals surface area contributed by atoms with Crippen LogP contribution in [0.5, 0.6) is 0 Å². The van der Waals surface area contributed by atoms with Gasteiger partial charge in [-0.3, -0.25) is 0 Å². The molecule has 0 aromatic heterocycles. The summed E-state index contributed by atoms with van der Waals surface area (Å²) in [4.78, 5) is 0. The predicted molar refractivity (Wildman–Crippen MR) is 62.2 cm³/mol. The number of halogens is 3. The number of benzene rings is 1. The minimum atomic E-state index is -4.85. The van der Waals surface area contributed by atoms with Crippen LogP contribution < -0.4 is 0 Å². The van der Waals surface area contributed by atoms with Crippen molar-refractivity contribution < 1.29 is 23.4 Å². The van der Waals surface area contributed by atoms with E-state index < -0.39 is 30.2 Å². The minimum Gasteiger partial charge on any atom is -0.393 e. The van der Waals surface area contributed by atoms with Crippen LogP contribution >= 0.6 is 0 Å². The third-order valence-electron chi connectivity index (χ3n) is 3.08. The van der Waals surface area contributed by atoms with Crippen molar-refractivity contribution in [2.45, 2.75) is 37.5 Å². The number of alkyl halides is 3. The Bertz CT molecular complexity index is 387. The van der Waals surface area contributed by atoms with Gasteiger partial charge in [-0.05, 0) is 17.4 Å². The third kappa shape index (κ3) is 3.03. The molecule has 1 rings (SSSR count). The normalized spacial score (nSPS) is 16.4. The maximum absolute atomic E-state index is 12.7. The van der Waals surface area contributed by atoms with Crippen LogP contribution in [0, 0.1) is 0 Å². The fraction of sp³-hybridized carbons (Fsp3) is 0.538. The van der Waals surface area contributed by atoms with Crippen molar-refractivity contribution in [2.24, 2.45) is 0 Å². The maximum atomic E-state index is 12.7. The van der Waals surface area contributed by atoms with Gasteiger partial charge < -0.3 is 10.2 Å². The lowest BCUT2D eigenvalue weighted by Crippen LogP contribution is -2.51. The smallest absolute Gasteiger partial charge is 0.393 e. The van der Waals surface area contributed by atoms with E-state index in [-0.39, 0.29) is 0 Å². The Morgan fingerprint density at radius 3 is 1.94 bits per heavy atom. The van der Waals surface area contributed by atoms with E-state index in [1.54, 1.807) is 44.2 Å². The van der Waals surface area contributed by atoms with Crippen LogP contribution in [0.3, 0.4) is 0 Å². The SMILES string of the molecule is CC(C)(C[C@](O)(CO)C(F)(F)F)c1ccccc1. The zero-order valence-electron chi connectivity index (χ0n) is 10.3. The van der Waals surface area contributed by atoms with E-state index in [0.29, 0.717) is 5.56 Å². The van der Waals surface area contributed by atoms with Gasteiger partial charge in [-0.25, -0.2) is 0 Å². The van der Waals surface area contributed by atoms with E-state index in [0.717, 1.165) is 0 Å². The summed E-state index contributed by atoms with van der Waals surface area (Å²) in [7, 11) is 0. The largest absolute Gasteiger partial charge is 0.419 e. The van der Waals surface area contributed by atoms with Gasteiger partial charge in [0, 0.05) is 0 Å². The molecule has 5 heteroatoms. The molecule has 0 bridgehead atoms. The lowest BCUT2D eigenvalue weighted by Gasteiger charge is -2.36. The molecule has 1 atom stereocenters. The molecule has 0 fully saturated rings. The summed E-state index contributed by atoms with van der Waals surface area (Å²) in [6.45, 7) is 1.87. The van der Waals surface area contributed by atoms with Crippen molar-refractivity contribution in [1.82, 2.24) is 0 Å². The molecule has 2 N–H and O–H groups in total. The number of hydrogen-bond donors (Lipinski definition) is 2. The van der Waals surface area contributed by atoms with Crippen molar-refractivity contribution in [2.75, 3.05) is 6.61 Å². The molecule has 0 heterocycles. The van der Waals surface area contributed by atoms with Crippen LogP contribution in [-0.2, 0) is 5.41 Å². The van der Waals surface area contributed by atoms with Crippen molar-refractivity contribution in [3.05, 3.63) is 35.9 Å². The van der Waals surface area contributed by atoms with Crippen LogP contribution in [0.4, 0.5) is 13.2 Å². The second-order valence-electron chi connectivity index (χ2n) is 5.11. The van der Waals surface area contributed by atoms with E-state index in [9.17, 15) is 18.3 Å². The molecule has 0 amide bonds.